The fourth-order valence-electron chi connectivity index (χ4n) is 5.42. The first-order valence-corrected chi connectivity index (χ1v) is 12.6. The van der Waals surface area contributed by atoms with Crippen molar-refractivity contribution < 1.29 is 18.3 Å². The number of ether oxygens (including phenoxy) is 1. The van der Waals surface area contributed by atoms with Crippen molar-refractivity contribution in [3.8, 4) is 5.75 Å². The molecule has 0 aromatic heterocycles. The smallest absolute Gasteiger partial charge is 0.238 e. The maximum absolute atomic E-state index is 15.7. The first-order chi connectivity index (χ1) is 17.1. The molecular formula is C27H22Cl2F2N2O2S. The lowest BCUT2D eigenvalue weighted by molar-refractivity contribution is -0.123. The van der Waals surface area contributed by atoms with Gasteiger partial charge in [-0.3, -0.25) is 4.79 Å². The highest BCUT2D eigenvalue weighted by atomic mass is 35.5. The lowest BCUT2D eigenvalue weighted by Crippen LogP contribution is -2.56. The van der Waals surface area contributed by atoms with Crippen LogP contribution in [0.15, 0.2) is 54.6 Å². The molecule has 0 saturated carbocycles. The molecule has 0 unspecified atom stereocenters. The Morgan fingerprint density at radius 1 is 1.08 bits per heavy atom. The summed E-state index contributed by atoms with van der Waals surface area (Å²) in [6.45, 7) is 3.57. The molecule has 2 heterocycles. The summed E-state index contributed by atoms with van der Waals surface area (Å²) in [5.41, 5.74) is 0.327. The minimum atomic E-state index is -1.42. The number of hydrogen-bond acceptors (Lipinski definition) is 3. The Kier molecular flexibility index (Phi) is 6.43. The summed E-state index contributed by atoms with van der Waals surface area (Å²) in [7, 11) is 0. The van der Waals surface area contributed by atoms with Gasteiger partial charge < -0.3 is 15.4 Å². The number of thiocarbonyl (C=S) groups is 1. The van der Waals surface area contributed by atoms with Crippen LogP contribution in [0, 0.1) is 11.6 Å². The molecule has 5 rings (SSSR count). The highest BCUT2D eigenvalue weighted by Gasteiger charge is 2.61. The van der Waals surface area contributed by atoms with Crippen LogP contribution in [0.1, 0.15) is 48.9 Å². The molecular weight excluding hydrogens is 525 g/mol. The number of nitrogens with one attached hydrogen (secondary N) is 2. The van der Waals surface area contributed by atoms with Crippen LogP contribution >= 0.6 is 35.4 Å². The molecule has 4 nitrogen and oxygen atoms in total. The van der Waals surface area contributed by atoms with Gasteiger partial charge in [-0.05, 0) is 61.4 Å². The fraction of sp³-hybridized carbons (Fsp3) is 0.259. The summed E-state index contributed by atoms with van der Waals surface area (Å²) in [4.78, 5) is 14.5. The Bertz CT molecular complexity index is 1400. The van der Waals surface area contributed by atoms with E-state index < -0.39 is 29.0 Å². The van der Waals surface area contributed by atoms with Crippen LogP contribution in [0.2, 0.25) is 10.0 Å². The highest BCUT2D eigenvalue weighted by Crippen LogP contribution is 2.59. The monoisotopic (exact) mass is 546 g/mol. The molecule has 0 aliphatic carbocycles. The molecule has 186 valence electrons. The summed E-state index contributed by atoms with van der Waals surface area (Å²) in [6, 6.07) is 13.5. The number of piperidine rings is 1. The zero-order valence-corrected chi connectivity index (χ0v) is 21.7. The van der Waals surface area contributed by atoms with Gasteiger partial charge in [-0.25, -0.2) is 8.78 Å². The van der Waals surface area contributed by atoms with E-state index in [1.807, 2.05) is 6.07 Å². The van der Waals surface area contributed by atoms with Crippen LogP contribution < -0.4 is 15.4 Å². The summed E-state index contributed by atoms with van der Waals surface area (Å²) < 4.78 is 36.3. The van der Waals surface area contributed by atoms with Crippen LogP contribution in [-0.2, 0) is 10.2 Å². The molecule has 2 aliphatic heterocycles. The van der Waals surface area contributed by atoms with Crippen molar-refractivity contribution in [2.45, 2.75) is 43.7 Å². The lowest BCUT2D eigenvalue weighted by atomic mass is 9.59. The standard InChI is InChI=1S/C27H22Cl2F2N2O2S/c1-13(2)35-21-9-8-19(30)24(31)23(21)25-27(17-7-6-16(29)11-20(17)32-26(27)34)18(12-22(36)33-25)14-4-3-5-15(28)10-14/h3-11,13,18,25H,12H2,1-2H3,(H,32,34)(H,33,36)/t18-,25+,27-/m0/s1. The van der Waals surface area contributed by atoms with Crippen molar-refractivity contribution in [2.75, 3.05) is 5.32 Å². The molecule has 1 saturated heterocycles. The second-order valence-electron chi connectivity index (χ2n) is 9.27. The zero-order chi connectivity index (χ0) is 25.8. The quantitative estimate of drug-likeness (QED) is 0.343. The number of carbonyl (C=O) groups is 1. The SMILES string of the molecule is CC(C)Oc1ccc(F)c(F)c1[C@H]1NC(=S)C[C@@H](c2cccc(Cl)c2)[C@]12C(=O)Nc1cc(Cl)ccc12. The first-order valence-electron chi connectivity index (χ1n) is 11.4. The Labute approximate surface area is 222 Å². The number of rotatable bonds is 4. The third kappa shape index (κ3) is 3.94. The van der Waals surface area contributed by atoms with Crippen molar-refractivity contribution >= 4 is 52.0 Å². The van der Waals surface area contributed by atoms with Gasteiger partial charge in [0, 0.05) is 28.1 Å². The zero-order valence-electron chi connectivity index (χ0n) is 19.4. The average molecular weight is 547 g/mol. The minimum Gasteiger partial charge on any atom is -0.491 e. The van der Waals surface area contributed by atoms with Gasteiger partial charge in [-0.1, -0.05) is 53.6 Å². The number of carbonyl (C=O) groups excluding carboxylic acids is 1. The normalized spacial score (nSPS) is 23.0. The van der Waals surface area contributed by atoms with E-state index in [4.69, 9.17) is 40.2 Å². The van der Waals surface area contributed by atoms with Crippen LogP contribution in [-0.4, -0.2) is 17.0 Å². The second-order valence-corrected chi connectivity index (χ2v) is 10.6. The summed E-state index contributed by atoms with van der Waals surface area (Å²) >= 11 is 18.2. The number of amides is 1. The summed E-state index contributed by atoms with van der Waals surface area (Å²) in [5, 5.41) is 7.01. The van der Waals surface area contributed by atoms with E-state index in [2.05, 4.69) is 10.6 Å². The third-order valence-electron chi connectivity index (χ3n) is 6.75. The van der Waals surface area contributed by atoms with E-state index in [0.717, 1.165) is 11.6 Å². The number of halogens is 4. The van der Waals surface area contributed by atoms with E-state index in [-0.39, 0.29) is 23.3 Å². The molecule has 9 heteroatoms. The molecule has 2 N–H and O–H groups in total. The fourth-order valence-corrected chi connectivity index (χ4v) is 6.08. The minimum absolute atomic E-state index is 0.101. The average Bonchev–Trinajstić information content (AvgIpc) is 3.09. The second kappa shape index (κ2) is 9.29. The van der Waals surface area contributed by atoms with E-state index in [9.17, 15) is 9.18 Å². The maximum atomic E-state index is 15.7. The Hall–Kier alpha value is -2.74. The Balaban J connectivity index is 1.85. The molecule has 1 fully saturated rings. The van der Waals surface area contributed by atoms with Gasteiger partial charge in [0.25, 0.3) is 0 Å². The van der Waals surface area contributed by atoms with E-state index in [1.165, 1.54) is 6.07 Å². The first kappa shape index (κ1) is 24.9. The van der Waals surface area contributed by atoms with Gasteiger partial charge in [0.15, 0.2) is 11.6 Å². The van der Waals surface area contributed by atoms with Crippen molar-refractivity contribution in [2.24, 2.45) is 0 Å². The number of benzene rings is 3. The largest absolute Gasteiger partial charge is 0.491 e. The number of anilines is 1. The third-order valence-corrected chi connectivity index (χ3v) is 7.50. The molecule has 36 heavy (non-hydrogen) atoms. The lowest BCUT2D eigenvalue weighted by Gasteiger charge is -2.47. The molecule has 0 bridgehead atoms. The van der Waals surface area contributed by atoms with Crippen molar-refractivity contribution in [3.63, 3.8) is 0 Å². The van der Waals surface area contributed by atoms with Crippen LogP contribution in [0.4, 0.5) is 14.5 Å². The van der Waals surface area contributed by atoms with Crippen molar-refractivity contribution in [1.29, 1.82) is 0 Å². The topological polar surface area (TPSA) is 50.4 Å². The van der Waals surface area contributed by atoms with E-state index in [1.54, 1.807) is 50.2 Å². The number of fused-ring (bicyclic) bond motifs is 2. The highest BCUT2D eigenvalue weighted by molar-refractivity contribution is 7.80. The predicted molar refractivity (Wildman–Crippen MR) is 141 cm³/mol. The van der Waals surface area contributed by atoms with Gasteiger partial charge in [-0.15, -0.1) is 0 Å². The summed E-state index contributed by atoms with van der Waals surface area (Å²) in [6.07, 6.45) is -0.0359. The summed E-state index contributed by atoms with van der Waals surface area (Å²) in [5.74, 6) is -2.96. The van der Waals surface area contributed by atoms with Gasteiger partial charge >= 0.3 is 0 Å². The van der Waals surface area contributed by atoms with Crippen molar-refractivity contribution in [3.05, 3.63) is 93.0 Å². The van der Waals surface area contributed by atoms with E-state index >= 15 is 4.39 Å². The Morgan fingerprint density at radius 3 is 2.56 bits per heavy atom. The van der Waals surface area contributed by atoms with Gasteiger partial charge in [0.2, 0.25) is 5.91 Å². The van der Waals surface area contributed by atoms with Gasteiger partial charge in [-0.2, -0.15) is 0 Å². The molecule has 1 amide bonds. The van der Waals surface area contributed by atoms with Crippen LogP contribution in [0.3, 0.4) is 0 Å². The molecule has 3 aromatic carbocycles. The Morgan fingerprint density at radius 2 is 1.83 bits per heavy atom. The van der Waals surface area contributed by atoms with Crippen molar-refractivity contribution in [1.82, 2.24) is 5.32 Å². The number of hydrogen-bond donors (Lipinski definition) is 2. The maximum Gasteiger partial charge on any atom is 0.238 e. The van der Waals surface area contributed by atoms with Gasteiger partial charge in [0.1, 0.15) is 11.2 Å². The van der Waals surface area contributed by atoms with E-state index in [0.29, 0.717) is 32.7 Å². The molecule has 3 atom stereocenters. The molecule has 3 aromatic rings. The van der Waals surface area contributed by atoms with Crippen LogP contribution in [0.25, 0.3) is 0 Å². The molecule has 1 spiro atoms. The molecule has 0 radical (unpaired) electrons. The van der Waals surface area contributed by atoms with Gasteiger partial charge in [0.05, 0.1) is 22.7 Å². The predicted octanol–water partition coefficient (Wildman–Crippen LogP) is 7.09. The van der Waals surface area contributed by atoms with Crippen LogP contribution in [0.5, 0.6) is 5.75 Å². The molecule has 2 aliphatic rings.